The third-order valence-corrected chi connectivity index (χ3v) is 2.52. The van der Waals surface area contributed by atoms with Crippen molar-refractivity contribution in [3.05, 3.63) is 71.8 Å². The monoisotopic (exact) mass is 308 g/mol. The molecule has 0 aliphatic heterocycles. The highest BCUT2D eigenvalue weighted by Crippen LogP contribution is 2.15. The lowest BCUT2D eigenvalue weighted by Gasteiger charge is -1.92. The zero-order chi connectivity index (χ0) is 17.7. The summed E-state index contributed by atoms with van der Waals surface area (Å²) in [6, 6.07) is 13.8. The highest BCUT2D eigenvalue weighted by Gasteiger charge is 2.10. The van der Waals surface area contributed by atoms with E-state index in [0.29, 0.717) is 12.0 Å². The molecule has 4 nitrogen and oxygen atoms in total. The van der Waals surface area contributed by atoms with Gasteiger partial charge in [-0.15, -0.1) is 0 Å². The van der Waals surface area contributed by atoms with Crippen LogP contribution >= 0.6 is 0 Å². The SMILES string of the molecule is C=C1C=CC=C1C(=O)O.CC(C)C#N.N#CCc1ccccc1. The number of nitrogens with zero attached hydrogens (tertiary/aromatic N) is 2. The molecule has 0 bridgehead atoms. The van der Waals surface area contributed by atoms with Crippen LogP contribution in [0.1, 0.15) is 19.4 Å². The van der Waals surface area contributed by atoms with E-state index >= 15 is 0 Å². The standard InChI is InChI=1S/C8H7N.C7H6O2.C4H7N/c9-7-6-8-4-2-1-3-5-8;1-5-3-2-4-6(5)7(8)9;1-4(2)3-5/h1-5H,6H2;2-4H,1H2,(H,8,9);4H,1-2H3. The quantitative estimate of drug-likeness (QED) is 0.893. The van der Waals surface area contributed by atoms with Crippen LogP contribution in [0.3, 0.4) is 0 Å². The van der Waals surface area contributed by atoms with Crippen molar-refractivity contribution in [1.29, 1.82) is 10.5 Å². The van der Waals surface area contributed by atoms with E-state index in [1.807, 2.05) is 50.2 Å². The molecule has 1 aliphatic carbocycles. The van der Waals surface area contributed by atoms with Crippen LogP contribution in [0.2, 0.25) is 0 Å². The predicted octanol–water partition coefficient (Wildman–Crippen LogP) is 4.04. The number of hydrogen-bond acceptors (Lipinski definition) is 3. The lowest BCUT2D eigenvalue weighted by Crippen LogP contribution is -1.98. The Bertz CT molecular complexity index is 657. The number of carboxylic acids is 1. The maximum Gasteiger partial charge on any atom is 0.336 e. The summed E-state index contributed by atoms with van der Waals surface area (Å²) in [6.45, 7) is 7.24. The molecule has 1 aromatic carbocycles. The van der Waals surface area contributed by atoms with E-state index in [4.69, 9.17) is 15.6 Å². The summed E-state index contributed by atoms with van der Waals surface area (Å²) in [4.78, 5) is 10.2. The molecule has 1 N–H and O–H groups in total. The molecular formula is C19H20N2O2. The van der Waals surface area contributed by atoms with Gasteiger partial charge < -0.3 is 5.11 Å². The van der Waals surface area contributed by atoms with Gasteiger partial charge in [-0.25, -0.2) is 4.79 Å². The number of benzene rings is 1. The lowest BCUT2D eigenvalue weighted by molar-refractivity contribution is -0.132. The lowest BCUT2D eigenvalue weighted by atomic mass is 10.2. The highest BCUT2D eigenvalue weighted by atomic mass is 16.4. The van der Waals surface area contributed by atoms with Gasteiger partial charge in [-0.2, -0.15) is 10.5 Å². The summed E-state index contributed by atoms with van der Waals surface area (Å²) in [5.74, 6) is -0.722. The molecule has 0 saturated carbocycles. The minimum absolute atomic E-state index is 0.190. The number of hydrogen-bond donors (Lipinski definition) is 1. The van der Waals surface area contributed by atoms with Crippen molar-refractivity contribution in [2.24, 2.45) is 5.92 Å². The Hall–Kier alpha value is -3.11. The van der Waals surface area contributed by atoms with Gasteiger partial charge in [0.15, 0.2) is 0 Å². The first-order chi connectivity index (χ1) is 10.9. The minimum Gasteiger partial charge on any atom is -0.478 e. The Morgan fingerprint density at radius 3 is 2.13 bits per heavy atom. The van der Waals surface area contributed by atoms with Crippen LogP contribution in [-0.4, -0.2) is 11.1 Å². The van der Waals surface area contributed by atoms with Crippen LogP contribution in [0.4, 0.5) is 0 Å². The molecule has 0 unspecified atom stereocenters. The molecule has 1 aliphatic rings. The van der Waals surface area contributed by atoms with Gasteiger partial charge >= 0.3 is 5.97 Å². The van der Waals surface area contributed by atoms with Gasteiger partial charge in [-0.05, 0) is 31.1 Å². The van der Waals surface area contributed by atoms with Crippen molar-refractivity contribution in [1.82, 2.24) is 0 Å². The fourth-order valence-electron chi connectivity index (χ4n) is 1.35. The van der Waals surface area contributed by atoms with Crippen molar-refractivity contribution in [2.75, 3.05) is 0 Å². The second kappa shape index (κ2) is 11.5. The van der Waals surface area contributed by atoms with E-state index in [1.54, 1.807) is 12.2 Å². The van der Waals surface area contributed by atoms with E-state index < -0.39 is 5.97 Å². The Kier molecular flexibility index (Phi) is 9.98. The van der Waals surface area contributed by atoms with Crippen LogP contribution in [0, 0.1) is 28.6 Å². The molecule has 0 heterocycles. The van der Waals surface area contributed by atoms with Gasteiger partial charge in [0.25, 0.3) is 0 Å². The summed E-state index contributed by atoms with van der Waals surface area (Å²) in [6.07, 6.45) is 5.39. The van der Waals surface area contributed by atoms with Crippen molar-refractivity contribution in [3.8, 4) is 12.1 Å². The van der Waals surface area contributed by atoms with Crippen molar-refractivity contribution in [3.63, 3.8) is 0 Å². The first kappa shape index (κ1) is 19.9. The fraction of sp³-hybridized carbons (Fsp3) is 0.211. The van der Waals surface area contributed by atoms with Crippen LogP contribution in [-0.2, 0) is 11.2 Å². The number of allylic oxidation sites excluding steroid dienone is 3. The third-order valence-electron chi connectivity index (χ3n) is 2.52. The average Bonchev–Trinajstić information content (AvgIpc) is 2.96. The topological polar surface area (TPSA) is 84.9 Å². The van der Waals surface area contributed by atoms with E-state index in [-0.39, 0.29) is 11.5 Å². The molecule has 0 amide bonds. The second-order valence-corrected chi connectivity index (χ2v) is 4.87. The van der Waals surface area contributed by atoms with Crippen molar-refractivity contribution < 1.29 is 9.90 Å². The van der Waals surface area contributed by atoms with Gasteiger partial charge in [-0.3, -0.25) is 0 Å². The molecule has 23 heavy (non-hydrogen) atoms. The van der Waals surface area contributed by atoms with Gasteiger partial charge in [0, 0.05) is 5.92 Å². The summed E-state index contributed by atoms with van der Waals surface area (Å²) in [5, 5.41) is 24.6. The van der Waals surface area contributed by atoms with Gasteiger partial charge in [-0.1, -0.05) is 49.1 Å². The number of rotatable bonds is 2. The molecule has 1 aromatic rings. The van der Waals surface area contributed by atoms with E-state index in [9.17, 15) is 4.79 Å². The Morgan fingerprint density at radius 1 is 1.26 bits per heavy atom. The number of carboxylic acid groups (broad SMARTS) is 1. The molecule has 0 atom stereocenters. The molecular weight excluding hydrogens is 288 g/mol. The Morgan fingerprint density at radius 2 is 1.83 bits per heavy atom. The van der Waals surface area contributed by atoms with Crippen molar-refractivity contribution in [2.45, 2.75) is 20.3 Å². The van der Waals surface area contributed by atoms with Gasteiger partial charge in [0.1, 0.15) is 0 Å². The first-order valence-corrected chi connectivity index (χ1v) is 7.03. The maximum absolute atomic E-state index is 10.2. The normalized spacial score (nSPS) is 11.2. The second-order valence-electron chi connectivity index (χ2n) is 4.87. The van der Waals surface area contributed by atoms with Crippen LogP contribution in [0.5, 0.6) is 0 Å². The van der Waals surface area contributed by atoms with Gasteiger partial charge in [0.05, 0.1) is 24.1 Å². The molecule has 2 rings (SSSR count). The molecule has 0 radical (unpaired) electrons. The minimum atomic E-state index is -0.912. The average molecular weight is 308 g/mol. The molecule has 0 spiro atoms. The largest absolute Gasteiger partial charge is 0.478 e. The zero-order valence-electron chi connectivity index (χ0n) is 13.4. The van der Waals surface area contributed by atoms with Crippen LogP contribution < -0.4 is 0 Å². The zero-order valence-corrected chi connectivity index (χ0v) is 13.4. The first-order valence-electron chi connectivity index (χ1n) is 7.03. The van der Waals surface area contributed by atoms with E-state index in [2.05, 4.69) is 12.6 Å². The Balaban J connectivity index is 0.000000332. The maximum atomic E-state index is 10.2. The highest BCUT2D eigenvalue weighted by molar-refractivity contribution is 5.94. The fourth-order valence-corrected chi connectivity index (χ4v) is 1.35. The predicted molar refractivity (Wildman–Crippen MR) is 90.2 cm³/mol. The smallest absolute Gasteiger partial charge is 0.336 e. The summed E-state index contributed by atoms with van der Waals surface area (Å²) in [7, 11) is 0. The number of aliphatic carboxylic acids is 1. The third kappa shape index (κ3) is 9.44. The molecule has 0 fully saturated rings. The molecule has 118 valence electrons. The molecule has 0 saturated heterocycles. The summed E-state index contributed by atoms with van der Waals surface area (Å²) < 4.78 is 0. The van der Waals surface area contributed by atoms with Gasteiger partial charge in [0.2, 0.25) is 0 Å². The summed E-state index contributed by atoms with van der Waals surface area (Å²) >= 11 is 0. The molecule has 0 aromatic heterocycles. The molecule has 4 heteroatoms. The summed E-state index contributed by atoms with van der Waals surface area (Å²) in [5.41, 5.74) is 1.94. The van der Waals surface area contributed by atoms with Crippen LogP contribution in [0.25, 0.3) is 0 Å². The van der Waals surface area contributed by atoms with Crippen LogP contribution in [0.15, 0.2) is 66.3 Å². The Labute approximate surface area is 137 Å². The van der Waals surface area contributed by atoms with Crippen molar-refractivity contribution >= 4 is 5.97 Å². The van der Waals surface area contributed by atoms with E-state index in [1.165, 1.54) is 6.08 Å². The number of carbonyl (C=O) groups is 1. The van der Waals surface area contributed by atoms with E-state index in [0.717, 1.165) is 5.56 Å². The number of nitriles is 2.